The second-order valence-electron chi connectivity index (χ2n) is 10.8. The zero-order valence-electron chi connectivity index (χ0n) is 19.8. The van der Waals surface area contributed by atoms with Gasteiger partial charge in [-0.15, -0.1) is 0 Å². The number of alkyl halides is 1. The predicted molar refractivity (Wildman–Crippen MR) is 129 cm³/mol. The van der Waals surface area contributed by atoms with Crippen molar-refractivity contribution in [3.63, 3.8) is 0 Å². The van der Waals surface area contributed by atoms with Gasteiger partial charge in [0.2, 0.25) is 5.91 Å². The highest BCUT2D eigenvalue weighted by molar-refractivity contribution is 9.10. The molecule has 3 saturated carbocycles. The van der Waals surface area contributed by atoms with Gasteiger partial charge in [0.05, 0.1) is 17.9 Å². The smallest absolute Gasteiger partial charge is 0.307 e. The van der Waals surface area contributed by atoms with Crippen molar-refractivity contribution in [3.8, 4) is 0 Å². The SMILES string of the molecule is O=C(O)[C@@H]1[C@H]2CC[C@@H](C23CC3)[C@@]1(CCOCCN1CC[C@H](F)C1)C(=O)NCc1ccc(Br)cc1F. The van der Waals surface area contributed by atoms with Gasteiger partial charge >= 0.3 is 5.97 Å². The van der Waals surface area contributed by atoms with Gasteiger partial charge in [0.25, 0.3) is 0 Å². The van der Waals surface area contributed by atoms with Crippen LogP contribution in [0.5, 0.6) is 0 Å². The van der Waals surface area contributed by atoms with Gasteiger partial charge < -0.3 is 15.2 Å². The number of rotatable bonds is 10. The Morgan fingerprint density at radius 2 is 2.03 bits per heavy atom. The fourth-order valence-corrected chi connectivity index (χ4v) is 7.89. The van der Waals surface area contributed by atoms with E-state index in [1.165, 1.54) is 6.07 Å². The number of likely N-dealkylation sites (tertiary alicyclic amines) is 1. The first-order valence-electron chi connectivity index (χ1n) is 12.7. The van der Waals surface area contributed by atoms with Gasteiger partial charge in [0, 0.05) is 42.8 Å². The molecule has 192 valence electrons. The number of carboxylic acid groups (broad SMARTS) is 1. The van der Waals surface area contributed by atoms with Gasteiger partial charge in [-0.1, -0.05) is 22.0 Å². The lowest BCUT2D eigenvalue weighted by Crippen LogP contribution is -2.52. The summed E-state index contributed by atoms with van der Waals surface area (Å²) in [6, 6.07) is 4.69. The molecule has 2 N–H and O–H groups in total. The van der Waals surface area contributed by atoms with Crippen LogP contribution in [-0.4, -0.2) is 60.9 Å². The predicted octanol–water partition coefficient (Wildman–Crippen LogP) is 4.16. The summed E-state index contributed by atoms with van der Waals surface area (Å²) in [5, 5.41) is 13.2. The van der Waals surface area contributed by atoms with Crippen LogP contribution in [-0.2, 0) is 20.9 Å². The van der Waals surface area contributed by atoms with Gasteiger partial charge in [0.15, 0.2) is 0 Å². The first-order chi connectivity index (χ1) is 16.8. The summed E-state index contributed by atoms with van der Waals surface area (Å²) in [7, 11) is 0. The molecule has 5 rings (SSSR count). The van der Waals surface area contributed by atoms with Crippen LogP contribution in [0.15, 0.2) is 22.7 Å². The number of benzene rings is 1. The third-order valence-corrected chi connectivity index (χ3v) is 9.67. The number of carboxylic acids is 1. The molecule has 1 aliphatic heterocycles. The minimum atomic E-state index is -1.06. The maximum atomic E-state index is 14.4. The van der Waals surface area contributed by atoms with Crippen LogP contribution in [0, 0.1) is 34.4 Å². The van der Waals surface area contributed by atoms with Crippen molar-refractivity contribution in [2.75, 3.05) is 32.8 Å². The van der Waals surface area contributed by atoms with Crippen molar-refractivity contribution in [3.05, 3.63) is 34.1 Å². The molecule has 6 nitrogen and oxygen atoms in total. The van der Waals surface area contributed by atoms with E-state index in [1.54, 1.807) is 12.1 Å². The van der Waals surface area contributed by atoms with Crippen LogP contribution in [0.3, 0.4) is 0 Å². The van der Waals surface area contributed by atoms with Crippen LogP contribution in [0.1, 0.15) is 44.1 Å². The lowest BCUT2D eigenvalue weighted by molar-refractivity contribution is -0.158. The molecule has 0 radical (unpaired) electrons. The van der Waals surface area contributed by atoms with E-state index in [0.29, 0.717) is 42.6 Å². The molecule has 4 fully saturated rings. The van der Waals surface area contributed by atoms with Crippen LogP contribution < -0.4 is 5.32 Å². The number of halogens is 3. The molecule has 0 unspecified atom stereocenters. The monoisotopic (exact) mass is 554 g/mol. The summed E-state index contributed by atoms with van der Waals surface area (Å²) >= 11 is 3.24. The van der Waals surface area contributed by atoms with Crippen LogP contribution in [0.2, 0.25) is 0 Å². The van der Waals surface area contributed by atoms with Gasteiger partial charge in [-0.2, -0.15) is 0 Å². The molecule has 1 amide bonds. The van der Waals surface area contributed by atoms with Crippen molar-refractivity contribution in [1.29, 1.82) is 0 Å². The number of amides is 1. The minimum Gasteiger partial charge on any atom is -0.481 e. The van der Waals surface area contributed by atoms with E-state index in [0.717, 1.165) is 32.2 Å². The number of ether oxygens (including phenoxy) is 1. The molecule has 5 atom stereocenters. The standard InChI is InChI=1S/C26H33BrF2N2O4/c27-17-2-1-16(20(29)13-17)14-30-24(34)26(8-11-35-12-10-31-9-5-18(28)15-31)21-4-3-19(22(26)23(32)33)25(21)6-7-25/h1-2,13,18-19,21-22H,3-12,14-15H2,(H,30,34)(H,32,33)/t18-,19+,21-,22-,26+/m0/s1. The zero-order valence-corrected chi connectivity index (χ0v) is 21.4. The molecule has 2 bridgehead atoms. The quantitative estimate of drug-likeness (QED) is 0.424. The topological polar surface area (TPSA) is 78.9 Å². The summed E-state index contributed by atoms with van der Waals surface area (Å²) in [4.78, 5) is 28.4. The highest BCUT2D eigenvalue weighted by Crippen LogP contribution is 2.79. The normalized spacial score (nSPS) is 32.9. The Labute approximate surface area is 212 Å². The second kappa shape index (κ2) is 9.71. The Morgan fingerprint density at radius 3 is 2.69 bits per heavy atom. The summed E-state index contributed by atoms with van der Waals surface area (Å²) in [5.41, 5.74) is -0.745. The number of hydrogen-bond donors (Lipinski definition) is 2. The molecular formula is C26H33BrF2N2O4. The molecule has 9 heteroatoms. The van der Waals surface area contributed by atoms with E-state index in [9.17, 15) is 23.5 Å². The molecule has 4 aliphatic rings. The maximum absolute atomic E-state index is 14.4. The molecule has 1 aromatic rings. The lowest BCUT2D eigenvalue weighted by Gasteiger charge is -2.41. The molecular weight excluding hydrogens is 522 g/mol. The van der Waals surface area contributed by atoms with E-state index in [-0.39, 0.29) is 36.3 Å². The Balaban J connectivity index is 1.30. The van der Waals surface area contributed by atoms with Crippen LogP contribution in [0.4, 0.5) is 8.78 Å². The van der Waals surface area contributed by atoms with Crippen LogP contribution >= 0.6 is 15.9 Å². The van der Waals surface area contributed by atoms with E-state index in [4.69, 9.17) is 4.74 Å². The largest absolute Gasteiger partial charge is 0.481 e. The van der Waals surface area contributed by atoms with Gasteiger partial charge in [-0.3, -0.25) is 14.5 Å². The summed E-state index contributed by atoms with van der Waals surface area (Å²) in [6.45, 7) is 2.48. The summed E-state index contributed by atoms with van der Waals surface area (Å²) in [6.07, 6.45) is 3.74. The number of carbonyl (C=O) groups is 2. The Kier molecular flexibility index (Phi) is 6.96. The highest BCUT2D eigenvalue weighted by Gasteiger charge is 2.77. The van der Waals surface area contributed by atoms with Gasteiger partial charge in [0.1, 0.15) is 12.0 Å². The van der Waals surface area contributed by atoms with Gasteiger partial charge in [-0.05, 0) is 67.9 Å². The number of hydrogen-bond acceptors (Lipinski definition) is 4. The number of nitrogens with zero attached hydrogens (tertiary/aromatic N) is 1. The highest BCUT2D eigenvalue weighted by atomic mass is 79.9. The molecule has 35 heavy (non-hydrogen) atoms. The Hall–Kier alpha value is -1.58. The van der Waals surface area contributed by atoms with Crippen molar-refractivity contribution in [1.82, 2.24) is 10.2 Å². The summed E-state index contributed by atoms with van der Waals surface area (Å²) in [5.74, 6) is -2.38. The molecule has 1 heterocycles. The molecule has 1 saturated heterocycles. The Bertz CT molecular complexity index is 990. The molecule has 3 aliphatic carbocycles. The first-order valence-corrected chi connectivity index (χ1v) is 13.5. The number of carbonyl (C=O) groups excluding carboxylic acids is 1. The average molecular weight is 555 g/mol. The third kappa shape index (κ3) is 4.42. The fourth-order valence-electron chi connectivity index (χ4n) is 7.55. The number of aliphatic carboxylic acids is 1. The fraction of sp³-hybridized carbons (Fsp3) is 0.692. The van der Waals surface area contributed by atoms with Crippen molar-refractivity contribution < 1.29 is 28.2 Å². The van der Waals surface area contributed by atoms with E-state index in [2.05, 4.69) is 21.2 Å². The summed E-state index contributed by atoms with van der Waals surface area (Å²) < 4.78 is 34.3. The third-order valence-electron chi connectivity index (χ3n) is 9.18. The average Bonchev–Trinajstić information content (AvgIpc) is 3.30. The Morgan fingerprint density at radius 1 is 1.23 bits per heavy atom. The van der Waals surface area contributed by atoms with Gasteiger partial charge in [-0.25, -0.2) is 8.78 Å². The first kappa shape index (κ1) is 25.1. The molecule has 0 aromatic heterocycles. The molecule has 1 aromatic carbocycles. The zero-order chi connectivity index (χ0) is 24.8. The van der Waals surface area contributed by atoms with E-state index in [1.807, 2.05) is 4.90 Å². The van der Waals surface area contributed by atoms with Crippen molar-refractivity contribution in [2.24, 2.45) is 28.6 Å². The van der Waals surface area contributed by atoms with Crippen molar-refractivity contribution >= 4 is 27.8 Å². The molecule has 1 spiro atoms. The minimum absolute atomic E-state index is 0.00495. The van der Waals surface area contributed by atoms with Crippen LogP contribution in [0.25, 0.3) is 0 Å². The van der Waals surface area contributed by atoms with Crippen molar-refractivity contribution in [2.45, 2.75) is 51.2 Å². The van der Waals surface area contributed by atoms with E-state index >= 15 is 0 Å². The van der Waals surface area contributed by atoms with E-state index < -0.39 is 29.3 Å². The maximum Gasteiger partial charge on any atom is 0.307 e. The second-order valence-corrected chi connectivity index (χ2v) is 11.7. The lowest BCUT2D eigenvalue weighted by atomic mass is 9.63. The number of nitrogens with one attached hydrogen (secondary N) is 1.